The van der Waals surface area contributed by atoms with Gasteiger partial charge in [-0.2, -0.15) is 0 Å². The number of unbranched alkanes of at least 4 members (excludes halogenated alkanes) is 1. The molecule has 1 aromatic carbocycles. The SMILES string of the molecule is CCC/C=C\c1ccc(C(=O)OC)c(C)c1. The Kier molecular flexibility index (Phi) is 4.77. The maximum absolute atomic E-state index is 11.4. The zero-order valence-electron chi connectivity index (χ0n) is 10.1. The second-order valence-corrected chi connectivity index (χ2v) is 3.76. The Morgan fingerprint density at radius 3 is 2.75 bits per heavy atom. The van der Waals surface area contributed by atoms with E-state index >= 15 is 0 Å². The van der Waals surface area contributed by atoms with Gasteiger partial charge in [0, 0.05) is 0 Å². The van der Waals surface area contributed by atoms with Crippen LogP contribution in [0.5, 0.6) is 0 Å². The van der Waals surface area contributed by atoms with Crippen LogP contribution in [0.25, 0.3) is 6.08 Å². The van der Waals surface area contributed by atoms with Gasteiger partial charge in [0.05, 0.1) is 12.7 Å². The van der Waals surface area contributed by atoms with Crippen LogP contribution < -0.4 is 0 Å². The molecule has 0 aliphatic rings. The summed E-state index contributed by atoms with van der Waals surface area (Å²) in [6.07, 6.45) is 6.46. The van der Waals surface area contributed by atoms with E-state index in [1.165, 1.54) is 7.11 Å². The number of allylic oxidation sites excluding steroid dienone is 1. The Labute approximate surface area is 96.9 Å². The lowest BCUT2D eigenvalue weighted by Gasteiger charge is -2.04. The molecule has 0 amide bonds. The number of carbonyl (C=O) groups is 1. The molecular weight excluding hydrogens is 200 g/mol. The summed E-state index contributed by atoms with van der Waals surface area (Å²) < 4.78 is 4.70. The molecule has 0 heterocycles. The maximum atomic E-state index is 11.4. The molecule has 0 atom stereocenters. The lowest BCUT2D eigenvalue weighted by atomic mass is 10.0. The topological polar surface area (TPSA) is 26.3 Å². The summed E-state index contributed by atoms with van der Waals surface area (Å²) in [4.78, 5) is 11.4. The van der Waals surface area contributed by atoms with Gasteiger partial charge >= 0.3 is 5.97 Å². The number of hydrogen-bond acceptors (Lipinski definition) is 2. The highest BCUT2D eigenvalue weighted by Crippen LogP contribution is 2.13. The van der Waals surface area contributed by atoms with Gasteiger partial charge in [0.2, 0.25) is 0 Å². The largest absolute Gasteiger partial charge is 0.465 e. The van der Waals surface area contributed by atoms with E-state index < -0.39 is 0 Å². The van der Waals surface area contributed by atoms with E-state index in [9.17, 15) is 4.79 Å². The number of aryl methyl sites for hydroxylation is 1. The van der Waals surface area contributed by atoms with Crippen molar-refractivity contribution >= 4 is 12.0 Å². The first-order chi connectivity index (χ1) is 7.69. The molecule has 0 aromatic heterocycles. The minimum absolute atomic E-state index is 0.276. The zero-order chi connectivity index (χ0) is 12.0. The normalized spacial score (nSPS) is 10.7. The van der Waals surface area contributed by atoms with E-state index in [-0.39, 0.29) is 5.97 Å². The van der Waals surface area contributed by atoms with Crippen molar-refractivity contribution in [1.29, 1.82) is 0 Å². The summed E-state index contributed by atoms with van der Waals surface area (Å²) in [5.41, 5.74) is 2.71. The predicted octanol–water partition coefficient (Wildman–Crippen LogP) is 3.59. The maximum Gasteiger partial charge on any atom is 0.338 e. The van der Waals surface area contributed by atoms with Crippen LogP contribution in [-0.2, 0) is 4.74 Å². The van der Waals surface area contributed by atoms with E-state index in [4.69, 9.17) is 4.74 Å². The van der Waals surface area contributed by atoms with E-state index in [2.05, 4.69) is 19.1 Å². The van der Waals surface area contributed by atoms with Crippen molar-refractivity contribution in [3.63, 3.8) is 0 Å². The molecule has 0 spiro atoms. The number of esters is 1. The Morgan fingerprint density at radius 2 is 2.19 bits per heavy atom. The Bertz CT molecular complexity index is 392. The summed E-state index contributed by atoms with van der Waals surface area (Å²) in [5, 5.41) is 0. The van der Waals surface area contributed by atoms with Crippen molar-refractivity contribution in [2.75, 3.05) is 7.11 Å². The van der Waals surface area contributed by atoms with E-state index in [1.54, 1.807) is 0 Å². The van der Waals surface area contributed by atoms with Gasteiger partial charge in [0.15, 0.2) is 0 Å². The molecule has 0 bridgehead atoms. The zero-order valence-corrected chi connectivity index (χ0v) is 10.1. The van der Waals surface area contributed by atoms with Gasteiger partial charge < -0.3 is 4.74 Å². The van der Waals surface area contributed by atoms with E-state index in [1.807, 2.05) is 25.1 Å². The summed E-state index contributed by atoms with van der Waals surface area (Å²) in [5.74, 6) is -0.276. The number of methoxy groups -OCH3 is 1. The van der Waals surface area contributed by atoms with Crippen LogP contribution in [0.1, 0.15) is 41.3 Å². The van der Waals surface area contributed by atoms with Crippen molar-refractivity contribution in [3.05, 3.63) is 41.0 Å². The number of benzene rings is 1. The van der Waals surface area contributed by atoms with E-state index in [0.717, 1.165) is 24.0 Å². The Hall–Kier alpha value is -1.57. The lowest BCUT2D eigenvalue weighted by molar-refractivity contribution is 0.0600. The fourth-order valence-electron chi connectivity index (χ4n) is 1.52. The number of carbonyl (C=O) groups excluding carboxylic acids is 1. The predicted molar refractivity (Wildman–Crippen MR) is 66.5 cm³/mol. The van der Waals surface area contributed by atoms with Crippen molar-refractivity contribution in [2.45, 2.75) is 26.7 Å². The number of ether oxygens (including phenoxy) is 1. The molecule has 0 N–H and O–H groups in total. The van der Waals surface area contributed by atoms with E-state index in [0.29, 0.717) is 5.56 Å². The van der Waals surface area contributed by atoms with Gasteiger partial charge in [0.25, 0.3) is 0 Å². The minimum atomic E-state index is -0.276. The van der Waals surface area contributed by atoms with Crippen LogP contribution >= 0.6 is 0 Å². The molecular formula is C14H18O2. The standard InChI is InChI=1S/C14H18O2/c1-4-5-6-7-12-8-9-13(11(2)10-12)14(15)16-3/h6-10H,4-5H2,1-3H3/b7-6-. The summed E-state index contributed by atoms with van der Waals surface area (Å²) >= 11 is 0. The van der Waals surface area contributed by atoms with Gasteiger partial charge in [0.1, 0.15) is 0 Å². The molecule has 1 rings (SSSR count). The van der Waals surface area contributed by atoms with Crippen LogP contribution in [0.2, 0.25) is 0 Å². The molecule has 2 heteroatoms. The molecule has 1 aromatic rings. The fourth-order valence-corrected chi connectivity index (χ4v) is 1.52. The molecule has 0 saturated heterocycles. The lowest BCUT2D eigenvalue weighted by Crippen LogP contribution is -2.03. The third-order valence-electron chi connectivity index (χ3n) is 2.42. The minimum Gasteiger partial charge on any atom is -0.465 e. The second kappa shape index (κ2) is 6.11. The average molecular weight is 218 g/mol. The molecule has 86 valence electrons. The number of hydrogen-bond donors (Lipinski definition) is 0. The highest BCUT2D eigenvalue weighted by Gasteiger charge is 2.07. The van der Waals surface area contributed by atoms with Gasteiger partial charge in [-0.05, 0) is 30.5 Å². The summed E-state index contributed by atoms with van der Waals surface area (Å²) in [7, 11) is 1.40. The second-order valence-electron chi connectivity index (χ2n) is 3.76. The third-order valence-corrected chi connectivity index (χ3v) is 2.42. The van der Waals surface area contributed by atoms with Crippen LogP contribution in [0, 0.1) is 6.92 Å². The highest BCUT2D eigenvalue weighted by molar-refractivity contribution is 5.91. The molecule has 2 nitrogen and oxygen atoms in total. The van der Waals surface area contributed by atoms with Gasteiger partial charge in [-0.25, -0.2) is 4.79 Å². The first-order valence-corrected chi connectivity index (χ1v) is 5.54. The molecule has 0 unspecified atom stereocenters. The smallest absolute Gasteiger partial charge is 0.338 e. The molecule has 0 saturated carbocycles. The Morgan fingerprint density at radius 1 is 1.44 bits per heavy atom. The molecule has 0 fully saturated rings. The van der Waals surface area contributed by atoms with Gasteiger partial charge in [-0.15, -0.1) is 0 Å². The summed E-state index contributed by atoms with van der Waals surface area (Å²) in [6, 6.07) is 5.75. The number of rotatable bonds is 4. The van der Waals surface area contributed by atoms with Crippen LogP contribution in [-0.4, -0.2) is 13.1 Å². The first-order valence-electron chi connectivity index (χ1n) is 5.54. The molecule has 0 aliphatic heterocycles. The molecule has 0 radical (unpaired) electrons. The van der Waals surface area contributed by atoms with Gasteiger partial charge in [-0.3, -0.25) is 0 Å². The fraction of sp³-hybridized carbons (Fsp3) is 0.357. The molecule has 0 aliphatic carbocycles. The highest BCUT2D eigenvalue weighted by atomic mass is 16.5. The monoisotopic (exact) mass is 218 g/mol. The van der Waals surface area contributed by atoms with Crippen molar-refractivity contribution in [3.8, 4) is 0 Å². The van der Waals surface area contributed by atoms with Crippen molar-refractivity contribution in [2.24, 2.45) is 0 Å². The Balaban J connectivity index is 2.86. The van der Waals surface area contributed by atoms with Gasteiger partial charge in [-0.1, -0.05) is 37.6 Å². The van der Waals surface area contributed by atoms with Crippen LogP contribution in [0.15, 0.2) is 24.3 Å². The summed E-state index contributed by atoms with van der Waals surface area (Å²) in [6.45, 7) is 4.07. The van der Waals surface area contributed by atoms with Crippen LogP contribution in [0.3, 0.4) is 0 Å². The van der Waals surface area contributed by atoms with Crippen molar-refractivity contribution in [1.82, 2.24) is 0 Å². The van der Waals surface area contributed by atoms with Crippen molar-refractivity contribution < 1.29 is 9.53 Å². The quantitative estimate of drug-likeness (QED) is 0.722. The average Bonchev–Trinajstić information content (AvgIpc) is 2.29. The first kappa shape index (κ1) is 12.5. The third kappa shape index (κ3) is 3.23. The van der Waals surface area contributed by atoms with Crippen LogP contribution in [0.4, 0.5) is 0 Å². The molecule has 16 heavy (non-hydrogen) atoms.